The van der Waals surface area contributed by atoms with Gasteiger partial charge < -0.3 is 15.2 Å². The summed E-state index contributed by atoms with van der Waals surface area (Å²) >= 11 is 0. The van der Waals surface area contributed by atoms with Gasteiger partial charge in [0.1, 0.15) is 0 Å². The van der Waals surface area contributed by atoms with Crippen LogP contribution in [0.15, 0.2) is 35.1 Å². The van der Waals surface area contributed by atoms with E-state index in [1.807, 2.05) is 18.2 Å². The van der Waals surface area contributed by atoms with Gasteiger partial charge in [-0.2, -0.15) is 0 Å². The highest BCUT2D eigenvalue weighted by Crippen LogP contribution is 2.14. The van der Waals surface area contributed by atoms with E-state index in [2.05, 4.69) is 42.0 Å². The molecular weight excluding hydrogens is 262 g/mol. The van der Waals surface area contributed by atoms with E-state index in [-0.39, 0.29) is 5.56 Å². The Labute approximate surface area is 126 Å². The molecule has 0 saturated carbocycles. The molecule has 0 aliphatic carbocycles. The standard InChI is InChI=1S/C17H25N3O/c1-4-20(5-2)12-13(3)18-11-14-10-17(21)19-16-9-7-6-8-15(14)16/h6-10,13,18H,4-5,11-12H2,1-3H3,(H,19,21). The van der Waals surface area contributed by atoms with Crippen molar-refractivity contribution in [2.75, 3.05) is 19.6 Å². The zero-order valence-electron chi connectivity index (χ0n) is 13.1. The number of nitrogens with zero attached hydrogens (tertiary/aromatic N) is 1. The number of pyridine rings is 1. The van der Waals surface area contributed by atoms with Crippen LogP contribution in [0.1, 0.15) is 26.3 Å². The molecule has 2 aromatic rings. The number of hydrogen-bond acceptors (Lipinski definition) is 3. The highest BCUT2D eigenvalue weighted by Gasteiger charge is 2.08. The minimum Gasteiger partial charge on any atom is -0.322 e. The molecule has 0 spiro atoms. The zero-order valence-corrected chi connectivity index (χ0v) is 13.1. The number of fused-ring (bicyclic) bond motifs is 1. The molecule has 0 radical (unpaired) electrons. The van der Waals surface area contributed by atoms with Crippen LogP contribution in [0.2, 0.25) is 0 Å². The molecule has 1 aromatic carbocycles. The van der Waals surface area contributed by atoms with E-state index in [9.17, 15) is 4.79 Å². The van der Waals surface area contributed by atoms with Gasteiger partial charge in [-0.1, -0.05) is 32.0 Å². The molecule has 1 heterocycles. The quantitative estimate of drug-likeness (QED) is 0.822. The second-order valence-electron chi connectivity index (χ2n) is 5.47. The third-order valence-electron chi connectivity index (χ3n) is 3.90. The third kappa shape index (κ3) is 4.16. The van der Waals surface area contributed by atoms with Crippen LogP contribution in [0, 0.1) is 0 Å². The Bertz CT molecular complexity index is 631. The second-order valence-corrected chi connectivity index (χ2v) is 5.47. The van der Waals surface area contributed by atoms with Crippen LogP contribution in [0.5, 0.6) is 0 Å². The van der Waals surface area contributed by atoms with E-state index in [0.29, 0.717) is 12.6 Å². The van der Waals surface area contributed by atoms with E-state index in [1.54, 1.807) is 6.07 Å². The van der Waals surface area contributed by atoms with Gasteiger partial charge >= 0.3 is 0 Å². The summed E-state index contributed by atoms with van der Waals surface area (Å²) < 4.78 is 0. The molecule has 0 fully saturated rings. The van der Waals surface area contributed by atoms with Gasteiger partial charge in [0.25, 0.3) is 0 Å². The first kappa shape index (κ1) is 15.7. The van der Waals surface area contributed by atoms with Gasteiger partial charge in [-0.15, -0.1) is 0 Å². The van der Waals surface area contributed by atoms with Crippen LogP contribution in [-0.4, -0.2) is 35.6 Å². The van der Waals surface area contributed by atoms with Gasteiger partial charge in [0, 0.05) is 36.1 Å². The van der Waals surface area contributed by atoms with Crippen LogP contribution in [0.25, 0.3) is 10.9 Å². The monoisotopic (exact) mass is 287 g/mol. The summed E-state index contributed by atoms with van der Waals surface area (Å²) in [6, 6.07) is 10.0. The summed E-state index contributed by atoms with van der Waals surface area (Å²) in [5.41, 5.74) is 1.92. The van der Waals surface area contributed by atoms with Gasteiger partial charge in [0.05, 0.1) is 0 Å². The Morgan fingerprint density at radius 2 is 1.95 bits per heavy atom. The lowest BCUT2D eigenvalue weighted by molar-refractivity contribution is 0.271. The minimum atomic E-state index is -0.0399. The molecule has 2 N–H and O–H groups in total. The lowest BCUT2D eigenvalue weighted by atomic mass is 10.1. The Hall–Kier alpha value is -1.65. The van der Waals surface area contributed by atoms with Crippen LogP contribution in [0.4, 0.5) is 0 Å². The molecule has 4 nitrogen and oxygen atoms in total. The molecule has 0 amide bonds. The van der Waals surface area contributed by atoms with E-state index in [4.69, 9.17) is 0 Å². The smallest absolute Gasteiger partial charge is 0.248 e. The number of benzene rings is 1. The average Bonchev–Trinajstić information content (AvgIpc) is 2.50. The first-order chi connectivity index (χ1) is 10.1. The van der Waals surface area contributed by atoms with Crippen molar-refractivity contribution in [1.29, 1.82) is 0 Å². The molecule has 0 aliphatic rings. The molecule has 0 aliphatic heterocycles. The van der Waals surface area contributed by atoms with Crippen molar-refractivity contribution < 1.29 is 0 Å². The maximum absolute atomic E-state index is 11.7. The van der Waals surface area contributed by atoms with Crippen molar-refractivity contribution >= 4 is 10.9 Å². The van der Waals surface area contributed by atoms with Crippen LogP contribution in [-0.2, 0) is 6.54 Å². The van der Waals surface area contributed by atoms with Crippen molar-refractivity contribution in [3.05, 3.63) is 46.2 Å². The molecule has 1 atom stereocenters. The fourth-order valence-corrected chi connectivity index (χ4v) is 2.64. The van der Waals surface area contributed by atoms with Gasteiger partial charge in [0.2, 0.25) is 5.56 Å². The van der Waals surface area contributed by atoms with Gasteiger partial charge in [-0.25, -0.2) is 0 Å². The number of aromatic amines is 1. The lowest BCUT2D eigenvalue weighted by Gasteiger charge is -2.23. The number of rotatable bonds is 7. The van der Waals surface area contributed by atoms with Crippen molar-refractivity contribution in [3.8, 4) is 0 Å². The van der Waals surface area contributed by atoms with Crippen molar-refractivity contribution in [2.45, 2.75) is 33.4 Å². The summed E-state index contributed by atoms with van der Waals surface area (Å²) in [4.78, 5) is 17.0. The predicted octanol–water partition coefficient (Wildman–Crippen LogP) is 2.35. The predicted molar refractivity (Wildman–Crippen MR) is 88.7 cm³/mol. The Kier molecular flexibility index (Phi) is 5.53. The van der Waals surface area contributed by atoms with E-state index in [1.165, 1.54) is 0 Å². The zero-order chi connectivity index (χ0) is 15.2. The highest BCUT2D eigenvalue weighted by atomic mass is 16.1. The number of likely N-dealkylation sites (N-methyl/N-ethyl adjacent to an activating group) is 1. The van der Waals surface area contributed by atoms with Crippen LogP contribution in [0.3, 0.4) is 0 Å². The summed E-state index contributed by atoms with van der Waals surface area (Å²) in [5.74, 6) is 0. The summed E-state index contributed by atoms with van der Waals surface area (Å²) in [6.07, 6.45) is 0. The van der Waals surface area contributed by atoms with E-state index >= 15 is 0 Å². The van der Waals surface area contributed by atoms with Crippen molar-refractivity contribution in [2.24, 2.45) is 0 Å². The Balaban J connectivity index is 2.08. The lowest BCUT2D eigenvalue weighted by Crippen LogP contribution is -2.38. The molecule has 114 valence electrons. The first-order valence-electron chi connectivity index (χ1n) is 7.70. The molecule has 4 heteroatoms. The maximum atomic E-state index is 11.7. The molecule has 0 bridgehead atoms. The molecule has 1 aromatic heterocycles. The second kappa shape index (κ2) is 7.38. The molecule has 2 rings (SSSR count). The Morgan fingerprint density at radius 1 is 1.24 bits per heavy atom. The fraction of sp³-hybridized carbons (Fsp3) is 0.471. The molecule has 1 unspecified atom stereocenters. The minimum absolute atomic E-state index is 0.0399. The van der Waals surface area contributed by atoms with E-state index in [0.717, 1.165) is 36.1 Å². The SMILES string of the molecule is CCN(CC)CC(C)NCc1cc(=O)[nH]c2ccccc12. The summed E-state index contributed by atoms with van der Waals surface area (Å²) in [7, 11) is 0. The first-order valence-corrected chi connectivity index (χ1v) is 7.70. The molecule has 0 saturated heterocycles. The summed E-state index contributed by atoms with van der Waals surface area (Å²) in [6.45, 7) is 10.4. The number of hydrogen-bond donors (Lipinski definition) is 2. The van der Waals surface area contributed by atoms with E-state index < -0.39 is 0 Å². The van der Waals surface area contributed by atoms with Crippen LogP contribution < -0.4 is 10.9 Å². The topological polar surface area (TPSA) is 48.1 Å². The number of nitrogens with one attached hydrogen (secondary N) is 2. The van der Waals surface area contributed by atoms with Crippen molar-refractivity contribution in [1.82, 2.24) is 15.2 Å². The van der Waals surface area contributed by atoms with Gasteiger partial charge in [-0.3, -0.25) is 4.79 Å². The largest absolute Gasteiger partial charge is 0.322 e. The average molecular weight is 287 g/mol. The number of H-pyrrole nitrogens is 1. The summed E-state index contributed by atoms with van der Waals surface area (Å²) in [5, 5.41) is 4.63. The molecule has 21 heavy (non-hydrogen) atoms. The van der Waals surface area contributed by atoms with Crippen molar-refractivity contribution in [3.63, 3.8) is 0 Å². The fourth-order valence-electron chi connectivity index (χ4n) is 2.64. The maximum Gasteiger partial charge on any atom is 0.248 e. The van der Waals surface area contributed by atoms with Gasteiger partial charge in [-0.05, 0) is 31.6 Å². The highest BCUT2D eigenvalue weighted by molar-refractivity contribution is 5.81. The molecular formula is C17H25N3O. The number of aromatic nitrogens is 1. The normalized spacial score (nSPS) is 13.0. The van der Waals surface area contributed by atoms with Crippen LogP contribution >= 0.6 is 0 Å². The number of para-hydroxylation sites is 1. The van der Waals surface area contributed by atoms with Gasteiger partial charge in [0.15, 0.2) is 0 Å². The Morgan fingerprint density at radius 3 is 2.67 bits per heavy atom. The third-order valence-corrected chi connectivity index (χ3v) is 3.90.